The molecule has 0 bridgehead atoms. The van der Waals surface area contributed by atoms with Gasteiger partial charge in [-0.15, -0.1) is 11.3 Å². The Balaban J connectivity index is 1.71. The molecule has 0 aliphatic carbocycles. The van der Waals surface area contributed by atoms with Gasteiger partial charge in [-0.25, -0.2) is 4.98 Å². The Bertz CT molecular complexity index is 550. The lowest BCUT2D eigenvalue weighted by molar-refractivity contribution is 0.175. The van der Waals surface area contributed by atoms with Gasteiger partial charge in [-0.2, -0.15) is 0 Å². The third-order valence-corrected chi connectivity index (χ3v) is 4.51. The van der Waals surface area contributed by atoms with Gasteiger partial charge in [0, 0.05) is 36.3 Å². The molecule has 1 fully saturated rings. The molecule has 0 radical (unpaired) electrons. The van der Waals surface area contributed by atoms with Crippen LogP contribution in [0.3, 0.4) is 0 Å². The van der Waals surface area contributed by atoms with Crippen LogP contribution in [0.2, 0.25) is 0 Å². The summed E-state index contributed by atoms with van der Waals surface area (Å²) in [6.07, 6.45) is 2.71. The summed E-state index contributed by atoms with van der Waals surface area (Å²) in [5.41, 5.74) is 2.45. The maximum atomic E-state index is 9.53. The molecule has 1 aromatic carbocycles. The zero-order valence-electron chi connectivity index (χ0n) is 11.0. The highest BCUT2D eigenvalue weighted by Gasteiger charge is 2.20. The number of thiazole rings is 1. The summed E-state index contributed by atoms with van der Waals surface area (Å²) in [6, 6.07) is 8.48. The molecular formula is C15H18N2OS. The molecule has 3 rings (SSSR count). The molecule has 0 spiro atoms. The Hall–Kier alpha value is -1.23. The molecule has 1 atom stereocenters. The predicted octanol–water partition coefficient (Wildman–Crippen LogP) is 2.69. The standard InChI is InChI=1S/C15H18N2OS/c1-11-2-4-12(5-3-11)15-16-8-14(19-15)10-17-7-6-13(18)9-17/h2-5,8,13,18H,6-7,9-10H2,1H3/t13-/m0/s1. The van der Waals surface area contributed by atoms with Crippen LogP contribution >= 0.6 is 11.3 Å². The van der Waals surface area contributed by atoms with Crippen molar-refractivity contribution in [3.63, 3.8) is 0 Å². The van der Waals surface area contributed by atoms with E-state index < -0.39 is 0 Å². The van der Waals surface area contributed by atoms with Gasteiger partial charge >= 0.3 is 0 Å². The number of β-amino-alcohol motifs (C(OH)–C–C–N with tert-alkyl or cyclic N) is 1. The first-order valence-electron chi connectivity index (χ1n) is 6.63. The second-order valence-electron chi connectivity index (χ2n) is 5.18. The van der Waals surface area contributed by atoms with Crippen LogP contribution in [0.1, 0.15) is 16.9 Å². The van der Waals surface area contributed by atoms with E-state index in [1.807, 2.05) is 6.20 Å². The quantitative estimate of drug-likeness (QED) is 0.935. The Kier molecular flexibility index (Phi) is 3.64. The highest BCUT2D eigenvalue weighted by atomic mass is 32.1. The molecule has 4 heteroatoms. The molecule has 100 valence electrons. The molecule has 0 saturated carbocycles. The summed E-state index contributed by atoms with van der Waals surface area (Å²) in [4.78, 5) is 8.06. The molecule has 1 saturated heterocycles. The van der Waals surface area contributed by atoms with Gasteiger partial charge in [0.15, 0.2) is 0 Å². The summed E-state index contributed by atoms with van der Waals surface area (Å²) in [5.74, 6) is 0. The van der Waals surface area contributed by atoms with Crippen molar-refractivity contribution in [3.05, 3.63) is 40.9 Å². The zero-order valence-corrected chi connectivity index (χ0v) is 11.9. The number of aliphatic hydroxyl groups is 1. The van der Waals surface area contributed by atoms with Crippen molar-refractivity contribution >= 4 is 11.3 Å². The molecule has 0 unspecified atom stereocenters. The van der Waals surface area contributed by atoms with E-state index in [9.17, 15) is 5.11 Å². The average molecular weight is 274 g/mol. The number of aryl methyl sites for hydroxylation is 1. The minimum absolute atomic E-state index is 0.149. The number of aromatic nitrogens is 1. The number of nitrogens with zero attached hydrogens (tertiary/aromatic N) is 2. The number of benzene rings is 1. The van der Waals surface area contributed by atoms with Gasteiger partial charge < -0.3 is 5.11 Å². The number of aliphatic hydroxyl groups excluding tert-OH is 1. The minimum atomic E-state index is -0.149. The molecule has 19 heavy (non-hydrogen) atoms. The molecule has 3 nitrogen and oxygen atoms in total. The van der Waals surface area contributed by atoms with E-state index >= 15 is 0 Å². The van der Waals surface area contributed by atoms with Gasteiger partial charge in [0.25, 0.3) is 0 Å². The van der Waals surface area contributed by atoms with Crippen LogP contribution in [0.5, 0.6) is 0 Å². The fourth-order valence-electron chi connectivity index (χ4n) is 2.39. The van der Waals surface area contributed by atoms with E-state index in [1.54, 1.807) is 11.3 Å². The summed E-state index contributed by atoms with van der Waals surface area (Å²) < 4.78 is 0. The summed E-state index contributed by atoms with van der Waals surface area (Å²) in [7, 11) is 0. The van der Waals surface area contributed by atoms with E-state index in [1.165, 1.54) is 16.0 Å². The Morgan fingerprint density at radius 3 is 2.84 bits per heavy atom. The second-order valence-corrected chi connectivity index (χ2v) is 6.29. The maximum absolute atomic E-state index is 9.53. The van der Waals surface area contributed by atoms with Crippen molar-refractivity contribution in [2.45, 2.75) is 26.0 Å². The lowest BCUT2D eigenvalue weighted by Gasteiger charge is -2.12. The van der Waals surface area contributed by atoms with E-state index in [-0.39, 0.29) is 6.10 Å². The number of rotatable bonds is 3. The van der Waals surface area contributed by atoms with Crippen molar-refractivity contribution in [1.82, 2.24) is 9.88 Å². The van der Waals surface area contributed by atoms with Crippen LogP contribution in [0.25, 0.3) is 10.6 Å². The second kappa shape index (κ2) is 5.41. The molecular weight excluding hydrogens is 256 g/mol. The van der Waals surface area contributed by atoms with Crippen molar-refractivity contribution < 1.29 is 5.11 Å². The largest absolute Gasteiger partial charge is 0.392 e. The van der Waals surface area contributed by atoms with Crippen LogP contribution in [0.4, 0.5) is 0 Å². The van der Waals surface area contributed by atoms with Crippen molar-refractivity contribution in [2.75, 3.05) is 13.1 Å². The van der Waals surface area contributed by atoms with E-state index in [4.69, 9.17) is 0 Å². The van der Waals surface area contributed by atoms with E-state index in [0.717, 1.165) is 31.1 Å². The van der Waals surface area contributed by atoms with Crippen LogP contribution in [0, 0.1) is 6.92 Å². The minimum Gasteiger partial charge on any atom is -0.392 e. The topological polar surface area (TPSA) is 36.4 Å². The van der Waals surface area contributed by atoms with Crippen molar-refractivity contribution in [2.24, 2.45) is 0 Å². The predicted molar refractivity (Wildman–Crippen MR) is 78.2 cm³/mol. The van der Waals surface area contributed by atoms with Crippen LogP contribution in [0.15, 0.2) is 30.5 Å². The first-order valence-corrected chi connectivity index (χ1v) is 7.44. The van der Waals surface area contributed by atoms with Gasteiger partial charge in [-0.05, 0) is 13.3 Å². The van der Waals surface area contributed by atoms with Gasteiger partial charge in [-0.1, -0.05) is 29.8 Å². The Labute approximate surface area is 117 Å². The highest BCUT2D eigenvalue weighted by Crippen LogP contribution is 2.26. The van der Waals surface area contributed by atoms with E-state index in [2.05, 4.69) is 41.1 Å². The normalized spacial score (nSPS) is 20.0. The molecule has 1 aromatic heterocycles. The van der Waals surface area contributed by atoms with Gasteiger partial charge in [-0.3, -0.25) is 4.90 Å². The van der Waals surface area contributed by atoms with Crippen molar-refractivity contribution in [1.29, 1.82) is 0 Å². The van der Waals surface area contributed by atoms with Gasteiger partial charge in [0.05, 0.1) is 6.10 Å². The molecule has 0 amide bonds. The first-order chi connectivity index (χ1) is 9.20. The summed E-state index contributed by atoms with van der Waals surface area (Å²) >= 11 is 1.75. The van der Waals surface area contributed by atoms with E-state index in [0.29, 0.717) is 0 Å². The fraction of sp³-hybridized carbons (Fsp3) is 0.400. The lowest BCUT2D eigenvalue weighted by Crippen LogP contribution is -2.20. The van der Waals surface area contributed by atoms with Crippen LogP contribution in [-0.2, 0) is 6.54 Å². The molecule has 2 heterocycles. The Morgan fingerprint density at radius 1 is 1.37 bits per heavy atom. The van der Waals surface area contributed by atoms with Crippen molar-refractivity contribution in [3.8, 4) is 10.6 Å². The summed E-state index contributed by atoms with van der Waals surface area (Å²) in [6.45, 7) is 4.77. The molecule has 1 N–H and O–H groups in total. The molecule has 1 aliphatic rings. The third kappa shape index (κ3) is 3.03. The first kappa shape index (κ1) is 12.8. The lowest BCUT2D eigenvalue weighted by atomic mass is 10.2. The molecule has 2 aromatic rings. The smallest absolute Gasteiger partial charge is 0.123 e. The number of hydrogen-bond acceptors (Lipinski definition) is 4. The third-order valence-electron chi connectivity index (χ3n) is 3.48. The molecule has 1 aliphatic heterocycles. The maximum Gasteiger partial charge on any atom is 0.123 e. The number of likely N-dealkylation sites (tertiary alicyclic amines) is 1. The SMILES string of the molecule is Cc1ccc(-c2ncc(CN3CC[C@H](O)C3)s2)cc1. The number of hydrogen-bond donors (Lipinski definition) is 1. The highest BCUT2D eigenvalue weighted by molar-refractivity contribution is 7.15. The van der Waals surface area contributed by atoms with Crippen LogP contribution in [-0.4, -0.2) is 34.2 Å². The monoisotopic (exact) mass is 274 g/mol. The zero-order chi connectivity index (χ0) is 13.2. The fourth-order valence-corrected chi connectivity index (χ4v) is 3.35. The Morgan fingerprint density at radius 2 is 2.16 bits per heavy atom. The van der Waals surface area contributed by atoms with Crippen LogP contribution < -0.4 is 0 Å². The summed E-state index contributed by atoms with van der Waals surface area (Å²) in [5, 5.41) is 10.6. The average Bonchev–Trinajstić information content (AvgIpc) is 3.00. The van der Waals surface area contributed by atoms with Gasteiger partial charge in [0.1, 0.15) is 5.01 Å². The van der Waals surface area contributed by atoms with Gasteiger partial charge in [0.2, 0.25) is 0 Å².